The molecule has 0 saturated heterocycles. The highest BCUT2D eigenvalue weighted by Crippen LogP contribution is 2.28. The molecule has 0 aliphatic rings. The number of aromatic amines is 1. The number of aryl methyl sites for hydroxylation is 1. The summed E-state index contributed by atoms with van der Waals surface area (Å²) in [6, 6.07) is 18.1. The Balaban J connectivity index is 1.57. The molecule has 2 aromatic carbocycles. The van der Waals surface area contributed by atoms with E-state index in [0.717, 1.165) is 39.1 Å². The van der Waals surface area contributed by atoms with Crippen LogP contribution in [-0.2, 0) is 11.3 Å². The summed E-state index contributed by atoms with van der Waals surface area (Å²) in [4.78, 5) is 19.2. The molecule has 0 unspecified atom stereocenters. The third-order valence-corrected chi connectivity index (χ3v) is 4.64. The number of rotatable bonds is 5. The second kappa shape index (κ2) is 7.54. The fourth-order valence-corrected chi connectivity index (χ4v) is 3.30. The molecule has 1 amide bonds. The number of carbonyl (C=O) groups is 1. The van der Waals surface area contributed by atoms with Gasteiger partial charge < -0.3 is 10.3 Å². The SMILES string of the molecule is Cc1nc(NCc2cccc(/C=C/C(=O)NO)c2)cc2c1[nH]c1ccccc12. The van der Waals surface area contributed by atoms with Crippen LogP contribution in [0.15, 0.2) is 60.7 Å². The Bertz CT molecular complexity index is 1190. The first-order valence-corrected chi connectivity index (χ1v) is 8.97. The van der Waals surface area contributed by atoms with Crippen LogP contribution in [0.25, 0.3) is 27.9 Å². The zero-order valence-corrected chi connectivity index (χ0v) is 15.4. The van der Waals surface area contributed by atoms with Crippen LogP contribution in [-0.4, -0.2) is 21.1 Å². The summed E-state index contributed by atoms with van der Waals surface area (Å²) in [6.45, 7) is 2.61. The molecule has 0 saturated carbocycles. The number of H-pyrrole nitrogens is 1. The number of hydroxylamine groups is 1. The van der Waals surface area contributed by atoms with Crippen LogP contribution < -0.4 is 10.8 Å². The van der Waals surface area contributed by atoms with Crippen molar-refractivity contribution >= 4 is 39.6 Å². The van der Waals surface area contributed by atoms with Gasteiger partial charge in [0.05, 0.1) is 11.2 Å². The van der Waals surface area contributed by atoms with Gasteiger partial charge in [-0.15, -0.1) is 0 Å². The highest BCUT2D eigenvalue weighted by atomic mass is 16.5. The van der Waals surface area contributed by atoms with Crippen LogP contribution in [0.4, 0.5) is 5.82 Å². The van der Waals surface area contributed by atoms with Crippen molar-refractivity contribution in [2.45, 2.75) is 13.5 Å². The minimum Gasteiger partial charge on any atom is -0.366 e. The van der Waals surface area contributed by atoms with Crippen molar-refractivity contribution in [2.75, 3.05) is 5.32 Å². The number of aromatic nitrogens is 2. The Morgan fingerprint density at radius 1 is 1.14 bits per heavy atom. The van der Waals surface area contributed by atoms with Crippen LogP contribution in [0.5, 0.6) is 0 Å². The minimum atomic E-state index is -0.560. The van der Waals surface area contributed by atoms with Gasteiger partial charge in [0.1, 0.15) is 5.82 Å². The Kier molecular flexibility index (Phi) is 4.78. The zero-order valence-electron chi connectivity index (χ0n) is 15.4. The van der Waals surface area contributed by atoms with Crippen LogP contribution >= 0.6 is 0 Å². The monoisotopic (exact) mass is 372 g/mol. The summed E-state index contributed by atoms with van der Waals surface area (Å²) < 4.78 is 0. The smallest absolute Gasteiger partial charge is 0.267 e. The van der Waals surface area contributed by atoms with E-state index in [4.69, 9.17) is 5.21 Å². The highest BCUT2D eigenvalue weighted by Gasteiger charge is 2.09. The van der Waals surface area contributed by atoms with Gasteiger partial charge in [0.2, 0.25) is 0 Å². The van der Waals surface area contributed by atoms with Crippen LogP contribution in [0.1, 0.15) is 16.8 Å². The van der Waals surface area contributed by atoms with E-state index < -0.39 is 5.91 Å². The van der Waals surface area contributed by atoms with Crippen molar-refractivity contribution < 1.29 is 10.0 Å². The van der Waals surface area contributed by atoms with Gasteiger partial charge in [0, 0.05) is 28.9 Å². The molecule has 140 valence electrons. The molecule has 0 atom stereocenters. The number of amides is 1. The molecule has 6 nitrogen and oxygen atoms in total. The molecule has 0 spiro atoms. The van der Waals surface area contributed by atoms with Crippen molar-refractivity contribution in [3.05, 3.63) is 77.5 Å². The normalized spacial score (nSPS) is 11.4. The van der Waals surface area contributed by atoms with Crippen molar-refractivity contribution in [2.24, 2.45) is 0 Å². The molecule has 2 heterocycles. The third kappa shape index (κ3) is 3.58. The summed E-state index contributed by atoms with van der Waals surface area (Å²) in [6.07, 6.45) is 2.93. The van der Waals surface area contributed by atoms with Crippen molar-refractivity contribution in [1.82, 2.24) is 15.4 Å². The number of fused-ring (bicyclic) bond motifs is 3. The Labute approximate surface area is 161 Å². The number of anilines is 1. The molecule has 28 heavy (non-hydrogen) atoms. The minimum absolute atomic E-state index is 0.560. The molecule has 4 N–H and O–H groups in total. The molecule has 4 aromatic rings. The zero-order chi connectivity index (χ0) is 19.5. The van der Waals surface area contributed by atoms with Gasteiger partial charge in [-0.05, 0) is 42.3 Å². The van der Waals surface area contributed by atoms with Gasteiger partial charge in [0.15, 0.2) is 0 Å². The van der Waals surface area contributed by atoms with Gasteiger partial charge in [-0.3, -0.25) is 10.0 Å². The summed E-state index contributed by atoms with van der Waals surface area (Å²) in [7, 11) is 0. The van der Waals surface area contributed by atoms with E-state index >= 15 is 0 Å². The van der Waals surface area contributed by atoms with Crippen LogP contribution in [0.2, 0.25) is 0 Å². The van der Waals surface area contributed by atoms with E-state index in [1.165, 1.54) is 11.5 Å². The second-order valence-corrected chi connectivity index (χ2v) is 6.59. The number of hydrogen-bond donors (Lipinski definition) is 4. The molecule has 2 aromatic heterocycles. The topological polar surface area (TPSA) is 90.0 Å². The maximum absolute atomic E-state index is 11.1. The average molecular weight is 372 g/mol. The van der Waals surface area contributed by atoms with Gasteiger partial charge in [-0.25, -0.2) is 10.5 Å². The molecule has 0 bridgehead atoms. The molecular formula is C22H20N4O2. The second-order valence-electron chi connectivity index (χ2n) is 6.59. The van der Waals surface area contributed by atoms with Crippen molar-refractivity contribution in [1.29, 1.82) is 0 Å². The Morgan fingerprint density at radius 2 is 2.00 bits per heavy atom. The lowest BCUT2D eigenvalue weighted by Crippen LogP contribution is -2.14. The summed E-state index contributed by atoms with van der Waals surface area (Å²) in [5.74, 6) is 0.255. The fraction of sp³-hybridized carbons (Fsp3) is 0.0909. The molecule has 6 heteroatoms. The van der Waals surface area contributed by atoms with E-state index in [9.17, 15) is 4.79 Å². The maximum Gasteiger partial charge on any atom is 0.267 e. The lowest BCUT2D eigenvalue weighted by atomic mass is 10.1. The van der Waals surface area contributed by atoms with E-state index in [-0.39, 0.29) is 0 Å². The Morgan fingerprint density at radius 3 is 2.86 bits per heavy atom. The van der Waals surface area contributed by atoms with Crippen molar-refractivity contribution in [3.8, 4) is 0 Å². The standard InChI is InChI=1S/C22H20N4O2/c1-14-22-18(17-7-2-3-8-19(17)25-22)12-20(24-14)23-13-16-6-4-5-15(11-16)9-10-21(27)26-28/h2-12,25,28H,13H2,1H3,(H,23,24)(H,26,27)/b10-9+. The number of para-hydroxylation sites is 1. The van der Waals surface area contributed by atoms with E-state index in [0.29, 0.717) is 6.54 Å². The molecule has 0 fully saturated rings. The number of hydrogen-bond acceptors (Lipinski definition) is 4. The summed E-state index contributed by atoms with van der Waals surface area (Å²) >= 11 is 0. The van der Waals surface area contributed by atoms with Gasteiger partial charge in [-0.2, -0.15) is 0 Å². The van der Waals surface area contributed by atoms with Gasteiger partial charge in [0.25, 0.3) is 5.91 Å². The van der Waals surface area contributed by atoms with Crippen molar-refractivity contribution in [3.63, 3.8) is 0 Å². The molecular weight excluding hydrogens is 352 g/mol. The molecule has 0 aliphatic heterocycles. The number of pyridine rings is 1. The van der Waals surface area contributed by atoms with Gasteiger partial charge >= 0.3 is 0 Å². The third-order valence-electron chi connectivity index (χ3n) is 4.64. The first-order chi connectivity index (χ1) is 13.6. The quantitative estimate of drug-likeness (QED) is 0.241. The predicted molar refractivity (Wildman–Crippen MR) is 111 cm³/mol. The Hall–Kier alpha value is -3.64. The number of nitrogens with one attached hydrogen (secondary N) is 3. The summed E-state index contributed by atoms with van der Waals surface area (Å²) in [5.41, 5.74) is 6.62. The van der Waals surface area contributed by atoms with E-state index in [1.54, 1.807) is 11.6 Å². The summed E-state index contributed by atoms with van der Waals surface area (Å²) in [5, 5.41) is 14.3. The lowest BCUT2D eigenvalue weighted by Gasteiger charge is -2.08. The number of carbonyl (C=O) groups excluding carboxylic acids is 1. The maximum atomic E-state index is 11.1. The fourth-order valence-electron chi connectivity index (χ4n) is 3.30. The first-order valence-electron chi connectivity index (χ1n) is 8.97. The molecule has 0 radical (unpaired) electrons. The first kappa shape index (κ1) is 17.8. The van der Waals surface area contributed by atoms with Gasteiger partial charge in [-0.1, -0.05) is 36.4 Å². The predicted octanol–water partition coefficient (Wildman–Crippen LogP) is 4.16. The van der Waals surface area contributed by atoms with E-state index in [2.05, 4.69) is 33.5 Å². The van der Waals surface area contributed by atoms with Crippen LogP contribution in [0.3, 0.4) is 0 Å². The molecule has 0 aliphatic carbocycles. The highest BCUT2D eigenvalue weighted by molar-refractivity contribution is 6.08. The van der Waals surface area contributed by atoms with E-state index in [1.807, 2.05) is 43.3 Å². The molecule has 4 rings (SSSR count). The van der Waals surface area contributed by atoms with Crippen LogP contribution in [0, 0.1) is 6.92 Å². The average Bonchev–Trinajstić information content (AvgIpc) is 3.10. The largest absolute Gasteiger partial charge is 0.366 e. The number of nitrogens with zero attached hydrogens (tertiary/aromatic N) is 1. The lowest BCUT2D eigenvalue weighted by molar-refractivity contribution is -0.124. The number of benzene rings is 2.